The first-order valence-electron chi connectivity index (χ1n) is 4.78. The molecule has 0 N–H and O–H groups in total. The van der Waals surface area contributed by atoms with Crippen molar-refractivity contribution in [3.05, 3.63) is 40.4 Å². The zero-order chi connectivity index (χ0) is 10.6. The predicted octanol–water partition coefficient (Wildman–Crippen LogP) is 5.20. The van der Waals surface area contributed by atoms with Gasteiger partial charge in [0.2, 0.25) is 0 Å². The van der Waals surface area contributed by atoms with E-state index in [9.17, 15) is 0 Å². The molecule has 14 heavy (non-hydrogen) atoms. The summed E-state index contributed by atoms with van der Waals surface area (Å²) in [6.07, 6.45) is 3.37. The van der Waals surface area contributed by atoms with Crippen molar-refractivity contribution in [2.24, 2.45) is 0 Å². The molecule has 0 nitrogen and oxygen atoms in total. The Hall–Kier alpha value is -0.460. The minimum atomic E-state index is 0.596. The van der Waals surface area contributed by atoms with Crippen molar-refractivity contribution in [3.63, 3.8) is 0 Å². The molecule has 0 unspecified atom stereocenters. The third-order valence-electron chi connectivity index (χ3n) is 2.16. The second kappa shape index (κ2) is 5.43. The lowest BCUT2D eigenvalue weighted by Gasteiger charge is -2.06. The van der Waals surface area contributed by atoms with Gasteiger partial charge in [-0.2, -0.15) is 0 Å². The molecule has 0 aliphatic rings. The molecule has 0 aromatic heterocycles. The lowest BCUT2D eigenvalue weighted by atomic mass is 10.0. The predicted molar refractivity (Wildman–Crippen MR) is 65.0 cm³/mol. The maximum absolute atomic E-state index is 5.92. The van der Waals surface area contributed by atoms with Crippen LogP contribution in [0.1, 0.15) is 31.7 Å². The highest BCUT2D eigenvalue weighted by Gasteiger charge is 2.02. The molecular formula is C12H14Cl2. The zero-order valence-electron chi connectivity index (χ0n) is 8.32. The Labute approximate surface area is 95.5 Å². The number of benzene rings is 1. The van der Waals surface area contributed by atoms with Gasteiger partial charge in [0.1, 0.15) is 0 Å². The lowest BCUT2D eigenvalue weighted by molar-refractivity contribution is 0.825. The summed E-state index contributed by atoms with van der Waals surface area (Å²) >= 11 is 11.7. The van der Waals surface area contributed by atoms with Crippen molar-refractivity contribution in [1.82, 2.24) is 0 Å². The molecule has 1 aromatic rings. The van der Waals surface area contributed by atoms with E-state index in [1.165, 1.54) is 12.8 Å². The molecule has 0 amide bonds. The summed E-state index contributed by atoms with van der Waals surface area (Å²) in [6.45, 7) is 6.20. The molecule has 0 saturated heterocycles. The van der Waals surface area contributed by atoms with Crippen LogP contribution in [0.25, 0.3) is 5.57 Å². The van der Waals surface area contributed by atoms with E-state index in [0.29, 0.717) is 10.0 Å². The van der Waals surface area contributed by atoms with Gasteiger partial charge in [-0.1, -0.05) is 49.2 Å². The van der Waals surface area contributed by atoms with Crippen molar-refractivity contribution in [3.8, 4) is 0 Å². The van der Waals surface area contributed by atoms with Gasteiger partial charge in [0.05, 0.1) is 10.0 Å². The number of allylic oxidation sites excluding steroid dienone is 1. The third kappa shape index (κ3) is 3.04. The van der Waals surface area contributed by atoms with E-state index in [2.05, 4.69) is 13.5 Å². The fraction of sp³-hybridized carbons (Fsp3) is 0.333. The molecule has 0 spiro atoms. The highest BCUT2D eigenvalue weighted by molar-refractivity contribution is 6.42. The van der Waals surface area contributed by atoms with Crippen LogP contribution < -0.4 is 0 Å². The number of halogens is 2. The molecule has 1 rings (SSSR count). The largest absolute Gasteiger partial charge is 0.0952 e. The van der Waals surface area contributed by atoms with Gasteiger partial charge in [0.15, 0.2) is 0 Å². The van der Waals surface area contributed by atoms with E-state index in [-0.39, 0.29) is 0 Å². The average molecular weight is 229 g/mol. The summed E-state index contributed by atoms with van der Waals surface area (Å²) in [4.78, 5) is 0. The zero-order valence-corrected chi connectivity index (χ0v) is 9.83. The van der Waals surface area contributed by atoms with E-state index >= 15 is 0 Å². The van der Waals surface area contributed by atoms with Gasteiger partial charge in [0, 0.05) is 0 Å². The van der Waals surface area contributed by atoms with Crippen LogP contribution in [0.2, 0.25) is 10.0 Å². The Morgan fingerprint density at radius 3 is 2.57 bits per heavy atom. The number of unbranched alkanes of at least 4 members (excludes halogenated alkanes) is 1. The molecule has 0 aliphatic carbocycles. The standard InChI is InChI=1S/C12H14Cl2/c1-3-4-5-9(2)10-6-7-11(13)12(14)8-10/h6-8H,2-5H2,1H3. The smallest absolute Gasteiger partial charge is 0.0598 e. The maximum Gasteiger partial charge on any atom is 0.0598 e. The summed E-state index contributed by atoms with van der Waals surface area (Å²) in [6, 6.07) is 5.66. The molecule has 76 valence electrons. The first-order valence-corrected chi connectivity index (χ1v) is 5.54. The minimum Gasteiger partial charge on any atom is -0.0952 e. The molecule has 0 fully saturated rings. The number of hydrogen-bond acceptors (Lipinski definition) is 0. The van der Waals surface area contributed by atoms with Gasteiger partial charge in [-0.25, -0.2) is 0 Å². The van der Waals surface area contributed by atoms with Gasteiger partial charge >= 0.3 is 0 Å². The van der Waals surface area contributed by atoms with Crippen LogP contribution in [0.5, 0.6) is 0 Å². The molecule has 0 atom stereocenters. The fourth-order valence-electron chi connectivity index (χ4n) is 1.25. The molecule has 1 aromatic carbocycles. The molecule has 0 heterocycles. The second-order valence-electron chi connectivity index (χ2n) is 3.34. The van der Waals surface area contributed by atoms with Crippen LogP contribution in [0.15, 0.2) is 24.8 Å². The minimum absolute atomic E-state index is 0.596. The Morgan fingerprint density at radius 2 is 2.00 bits per heavy atom. The van der Waals surface area contributed by atoms with E-state index in [0.717, 1.165) is 17.6 Å². The van der Waals surface area contributed by atoms with Crippen LogP contribution in [0.3, 0.4) is 0 Å². The van der Waals surface area contributed by atoms with Gasteiger partial charge in [-0.3, -0.25) is 0 Å². The van der Waals surface area contributed by atoms with Crippen LogP contribution in [-0.2, 0) is 0 Å². The monoisotopic (exact) mass is 228 g/mol. The Morgan fingerprint density at radius 1 is 1.29 bits per heavy atom. The van der Waals surface area contributed by atoms with Crippen molar-refractivity contribution >= 4 is 28.8 Å². The Balaban J connectivity index is 2.76. The van der Waals surface area contributed by atoms with Crippen molar-refractivity contribution < 1.29 is 0 Å². The molecule has 0 saturated carbocycles. The van der Waals surface area contributed by atoms with Crippen molar-refractivity contribution in [1.29, 1.82) is 0 Å². The normalized spacial score (nSPS) is 10.2. The summed E-state index contributed by atoms with van der Waals surface area (Å²) in [5.74, 6) is 0. The molecule has 0 radical (unpaired) electrons. The van der Waals surface area contributed by atoms with Crippen LogP contribution in [0, 0.1) is 0 Å². The quantitative estimate of drug-likeness (QED) is 0.665. The summed E-state index contributed by atoms with van der Waals surface area (Å²) < 4.78 is 0. The summed E-state index contributed by atoms with van der Waals surface area (Å²) in [5.41, 5.74) is 2.22. The third-order valence-corrected chi connectivity index (χ3v) is 2.90. The van der Waals surface area contributed by atoms with Crippen molar-refractivity contribution in [2.45, 2.75) is 26.2 Å². The van der Waals surface area contributed by atoms with Gasteiger partial charge < -0.3 is 0 Å². The van der Waals surface area contributed by atoms with Crippen LogP contribution in [0.4, 0.5) is 0 Å². The van der Waals surface area contributed by atoms with E-state index < -0.39 is 0 Å². The summed E-state index contributed by atoms with van der Waals surface area (Å²) in [7, 11) is 0. The highest BCUT2D eigenvalue weighted by Crippen LogP contribution is 2.27. The van der Waals surface area contributed by atoms with Crippen LogP contribution in [-0.4, -0.2) is 0 Å². The Bertz CT molecular complexity index is 329. The number of hydrogen-bond donors (Lipinski definition) is 0. The fourth-order valence-corrected chi connectivity index (χ4v) is 1.55. The van der Waals surface area contributed by atoms with Crippen molar-refractivity contribution in [2.75, 3.05) is 0 Å². The van der Waals surface area contributed by atoms with E-state index in [1.54, 1.807) is 0 Å². The Kier molecular flexibility index (Phi) is 4.50. The molecule has 0 bridgehead atoms. The van der Waals surface area contributed by atoms with Crippen LogP contribution >= 0.6 is 23.2 Å². The topological polar surface area (TPSA) is 0 Å². The maximum atomic E-state index is 5.92. The second-order valence-corrected chi connectivity index (χ2v) is 4.15. The molecule has 2 heteroatoms. The van der Waals surface area contributed by atoms with Gasteiger partial charge in [-0.15, -0.1) is 0 Å². The molecular weight excluding hydrogens is 215 g/mol. The lowest BCUT2D eigenvalue weighted by Crippen LogP contribution is -1.83. The summed E-state index contributed by atoms with van der Waals surface area (Å²) in [5, 5.41) is 1.19. The van der Waals surface area contributed by atoms with E-state index in [4.69, 9.17) is 23.2 Å². The number of rotatable bonds is 4. The van der Waals surface area contributed by atoms with Gasteiger partial charge in [-0.05, 0) is 36.1 Å². The first-order chi connectivity index (χ1) is 6.65. The highest BCUT2D eigenvalue weighted by atomic mass is 35.5. The SMILES string of the molecule is C=C(CCCC)c1ccc(Cl)c(Cl)c1. The average Bonchev–Trinajstić information content (AvgIpc) is 2.18. The van der Waals surface area contributed by atoms with E-state index in [1.807, 2.05) is 18.2 Å². The molecule has 0 aliphatic heterocycles. The van der Waals surface area contributed by atoms with Gasteiger partial charge in [0.25, 0.3) is 0 Å². The first kappa shape index (κ1) is 11.6.